The van der Waals surface area contributed by atoms with Gasteiger partial charge in [-0.3, -0.25) is 9.59 Å². The van der Waals surface area contributed by atoms with Crippen molar-refractivity contribution in [1.29, 1.82) is 0 Å². The van der Waals surface area contributed by atoms with E-state index in [2.05, 4.69) is 39.5 Å². The predicted octanol–water partition coefficient (Wildman–Crippen LogP) is 13.5. The summed E-state index contributed by atoms with van der Waals surface area (Å²) in [4.78, 5) is 45.2. The molecule has 0 fully saturated rings. The van der Waals surface area contributed by atoms with Crippen LogP contribution in [0.5, 0.6) is 0 Å². The normalized spacial score (nSPS) is 11.9. The third-order valence-electron chi connectivity index (χ3n) is 10.4. The summed E-state index contributed by atoms with van der Waals surface area (Å²) in [5, 5.41) is 0. The minimum Gasteiger partial charge on any atom is -0.462 e. The Hall–Kier alpha value is -0.790. The second kappa shape index (κ2) is 46.6. The Bertz CT molecular complexity index is 748. The Balaban J connectivity index is 0. The molecule has 0 radical (unpaired) electrons. The fourth-order valence-electron chi connectivity index (χ4n) is 6.72. The second-order valence-corrected chi connectivity index (χ2v) is 16.1. The lowest BCUT2D eigenvalue weighted by Crippen LogP contribution is -2.29. The molecule has 0 aromatic rings. The number of unbranched alkanes of at least 4 members (excludes halogenated alkanes) is 28. The van der Waals surface area contributed by atoms with Crippen molar-refractivity contribution in [2.45, 2.75) is 246 Å². The molecule has 0 spiro atoms. The van der Waals surface area contributed by atoms with Gasteiger partial charge in [-0.05, 0) is 32.5 Å². The molecular weight excluding hydrogens is 697 g/mol. The molecule has 8 nitrogen and oxygen atoms in total. The molecule has 0 bridgehead atoms. The van der Waals surface area contributed by atoms with Crippen molar-refractivity contribution in [1.82, 2.24) is 4.90 Å². The van der Waals surface area contributed by atoms with E-state index in [1.165, 1.54) is 174 Å². The first-order chi connectivity index (χ1) is 26.3. The smallest absolute Gasteiger partial charge is 0.327 e. The first kappa shape index (κ1) is 55.3. The standard InChI is InChI=1S/C39H77O7P.C6H15N/c1-3-5-7-9-11-13-15-17-19-21-23-25-27-29-31-33-38(40)44-35-37(36-45-47(42)43)46-39(41)34-32-30-28-26-24-22-20-18-16-14-12-10-8-6-4-2;1-4-7(5-2)6-3/h37,42-43H,3-36H2,1-2H3;4-6H2,1-3H3/t37-;/m1./s1. The highest BCUT2D eigenvalue weighted by molar-refractivity contribution is 7.39. The number of ether oxygens (including phenoxy) is 2. The van der Waals surface area contributed by atoms with Crippen molar-refractivity contribution in [3.05, 3.63) is 0 Å². The molecule has 9 heteroatoms. The van der Waals surface area contributed by atoms with Crippen molar-refractivity contribution in [3.63, 3.8) is 0 Å². The molecule has 0 saturated heterocycles. The van der Waals surface area contributed by atoms with Gasteiger partial charge in [-0.25, -0.2) is 0 Å². The molecule has 0 heterocycles. The number of carbonyl (C=O) groups is 2. The van der Waals surface area contributed by atoms with Gasteiger partial charge in [-0.2, -0.15) is 0 Å². The van der Waals surface area contributed by atoms with Gasteiger partial charge in [-0.1, -0.05) is 214 Å². The summed E-state index contributed by atoms with van der Waals surface area (Å²) in [6.07, 6.45) is 37.8. The van der Waals surface area contributed by atoms with Gasteiger partial charge in [0.2, 0.25) is 0 Å². The molecule has 54 heavy (non-hydrogen) atoms. The molecule has 0 aliphatic heterocycles. The SMILES string of the molecule is CCCCCCCCCCCCCCCCCC(=O)OC[C@H](COP(O)O)OC(=O)CCCCCCCCCCCCCCCCC.CCN(CC)CC. The predicted molar refractivity (Wildman–Crippen MR) is 231 cm³/mol. The van der Waals surface area contributed by atoms with Gasteiger partial charge in [0.15, 0.2) is 6.10 Å². The Morgan fingerprint density at radius 1 is 0.444 bits per heavy atom. The lowest BCUT2D eigenvalue weighted by atomic mass is 10.0. The zero-order valence-electron chi connectivity index (χ0n) is 36.6. The number of hydrogen-bond donors (Lipinski definition) is 2. The van der Waals surface area contributed by atoms with Crippen LogP contribution in [0, 0.1) is 0 Å². The molecule has 324 valence electrons. The maximum atomic E-state index is 12.4. The molecule has 1 atom stereocenters. The van der Waals surface area contributed by atoms with Gasteiger partial charge in [0.05, 0.1) is 6.61 Å². The highest BCUT2D eigenvalue weighted by Crippen LogP contribution is 2.25. The fourth-order valence-corrected chi connectivity index (χ4v) is 7.02. The molecule has 0 saturated carbocycles. The summed E-state index contributed by atoms with van der Waals surface area (Å²) in [5.74, 6) is -0.689. The lowest BCUT2D eigenvalue weighted by Gasteiger charge is -2.18. The summed E-state index contributed by atoms with van der Waals surface area (Å²) in [6.45, 7) is 14.3. The van der Waals surface area contributed by atoms with Crippen molar-refractivity contribution in [2.24, 2.45) is 0 Å². The van der Waals surface area contributed by atoms with Gasteiger partial charge >= 0.3 is 20.5 Å². The topological polar surface area (TPSA) is 106 Å². The highest BCUT2D eigenvalue weighted by atomic mass is 31.2. The minimum atomic E-state index is -2.57. The van der Waals surface area contributed by atoms with Gasteiger partial charge in [-0.15, -0.1) is 0 Å². The van der Waals surface area contributed by atoms with Gasteiger partial charge in [0, 0.05) is 12.8 Å². The first-order valence-corrected chi connectivity index (χ1v) is 24.4. The maximum Gasteiger partial charge on any atom is 0.327 e. The molecule has 0 unspecified atom stereocenters. The van der Waals surface area contributed by atoms with E-state index in [9.17, 15) is 9.59 Å². The number of esters is 2. The van der Waals surface area contributed by atoms with Crippen LogP contribution in [0.25, 0.3) is 0 Å². The summed E-state index contributed by atoms with van der Waals surface area (Å²) in [7, 11) is -2.57. The van der Waals surface area contributed by atoms with Gasteiger partial charge in [0.1, 0.15) is 6.61 Å². The average molecular weight is 790 g/mol. The zero-order valence-corrected chi connectivity index (χ0v) is 37.5. The van der Waals surface area contributed by atoms with Crippen molar-refractivity contribution in [3.8, 4) is 0 Å². The molecule has 2 N–H and O–H groups in total. The largest absolute Gasteiger partial charge is 0.462 e. The van der Waals surface area contributed by atoms with E-state index in [0.717, 1.165) is 38.5 Å². The van der Waals surface area contributed by atoms with Gasteiger partial charge in [0.25, 0.3) is 0 Å². The third-order valence-corrected chi connectivity index (χ3v) is 10.8. The molecule has 0 aliphatic carbocycles. The van der Waals surface area contributed by atoms with Crippen LogP contribution in [0.2, 0.25) is 0 Å². The summed E-state index contributed by atoms with van der Waals surface area (Å²) in [6, 6.07) is 0. The monoisotopic (exact) mass is 790 g/mol. The molecule has 0 aromatic carbocycles. The molecular formula is C45H92NO7P. The zero-order chi connectivity index (χ0) is 40.2. The van der Waals surface area contributed by atoms with Crippen molar-refractivity contribution < 1.29 is 33.4 Å². The van der Waals surface area contributed by atoms with E-state index >= 15 is 0 Å². The van der Waals surface area contributed by atoms with Crippen LogP contribution in [0.4, 0.5) is 0 Å². The average Bonchev–Trinajstić information content (AvgIpc) is 3.16. The van der Waals surface area contributed by atoms with E-state index in [0.29, 0.717) is 12.8 Å². The highest BCUT2D eigenvalue weighted by Gasteiger charge is 2.19. The number of hydrogen-bond acceptors (Lipinski definition) is 8. The van der Waals surface area contributed by atoms with Gasteiger partial charge < -0.3 is 28.7 Å². The van der Waals surface area contributed by atoms with Crippen LogP contribution in [-0.4, -0.2) is 65.6 Å². The minimum absolute atomic E-state index is 0.134. The van der Waals surface area contributed by atoms with Crippen LogP contribution in [-0.2, 0) is 23.6 Å². The van der Waals surface area contributed by atoms with Crippen LogP contribution >= 0.6 is 8.60 Å². The maximum absolute atomic E-state index is 12.4. The Morgan fingerprint density at radius 2 is 0.741 bits per heavy atom. The lowest BCUT2D eigenvalue weighted by molar-refractivity contribution is -0.161. The number of rotatable bonds is 41. The Labute approximate surface area is 337 Å². The van der Waals surface area contributed by atoms with Crippen LogP contribution in [0.3, 0.4) is 0 Å². The van der Waals surface area contributed by atoms with E-state index in [1.807, 2.05) is 0 Å². The Morgan fingerprint density at radius 3 is 1.02 bits per heavy atom. The van der Waals surface area contributed by atoms with E-state index in [4.69, 9.17) is 23.8 Å². The van der Waals surface area contributed by atoms with E-state index < -0.39 is 14.7 Å². The number of carbonyl (C=O) groups excluding carboxylic acids is 2. The van der Waals surface area contributed by atoms with Crippen LogP contribution in [0.15, 0.2) is 0 Å². The van der Waals surface area contributed by atoms with Crippen molar-refractivity contribution >= 4 is 20.5 Å². The quantitative estimate of drug-likeness (QED) is 0.0358. The summed E-state index contributed by atoms with van der Waals surface area (Å²) >= 11 is 0. The molecule has 0 amide bonds. The Kier molecular flexibility index (Phi) is 47.7. The molecule has 0 aliphatic rings. The third kappa shape index (κ3) is 45.6. The van der Waals surface area contributed by atoms with Crippen LogP contribution in [0.1, 0.15) is 240 Å². The second-order valence-electron chi connectivity index (χ2n) is 15.4. The molecule has 0 rings (SSSR count). The fraction of sp³-hybridized carbons (Fsp3) is 0.956. The first-order valence-electron chi connectivity index (χ1n) is 23.2. The number of nitrogens with zero attached hydrogens (tertiary/aromatic N) is 1. The molecule has 0 aromatic heterocycles. The van der Waals surface area contributed by atoms with Crippen LogP contribution < -0.4 is 0 Å². The van der Waals surface area contributed by atoms with E-state index in [1.54, 1.807) is 0 Å². The van der Waals surface area contributed by atoms with Crippen molar-refractivity contribution in [2.75, 3.05) is 32.8 Å². The van der Waals surface area contributed by atoms with E-state index in [-0.39, 0.29) is 25.2 Å². The summed E-state index contributed by atoms with van der Waals surface area (Å²) < 4.78 is 15.6. The summed E-state index contributed by atoms with van der Waals surface area (Å²) in [5.41, 5.74) is 0.